The first-order chi connectivity index (χ1) is 9.19. The topological polar surface area (TPSA) is 38.0 Å². The minimum atomic E-state index is 0.156. The van der Waals surface area contributed by atoms with E-state index in [2.05, 4.69) is 64.7 Å². The summed E-state index contributed by atoms with van der Waals surface area (Å²) in [4.78, 5) is 1.24. The highest BCUT2D eigenvalue weighted by Gasteiger charge is 2.10. The van der Waals surface area contributed by atoms with Crippen LogP contribution in [-0.4, -0.2) is 5.75 Å². The van der Waals surface area contributed by atoms with Gasteiger partial charge >= 0.3 is 0 Å². The number of nitrogens with two attached hydrogens (primary N) is 1. The van der Waals surface area contributed by atoms with Crippen molar-refractivity contribution in [3.8, 4) is 0 Å². The summed E-state index contributed by atoms with van der Waals surface area (Å²) in [6, 6.07) is 16.9. The molecule has 0 radical (unpaired) electrons. The number of benzene rings is 2. The lowest BCUT2D eigenvalue weighted by atomic mass is 10.1. The zero-order valence-corrected chi connectivity index (χ0v) is 13.2. The maximum atomic E-state index is 5.68. The Labute approximate surface area is 126 Å². The van der Waals surface area contributed by atoms with Crippen molar-refractivity contribution in [3.63, 3.8) is 0 Å². The minimum absolute atomic E-state index is 0.156. The van der Waals surface area contributed by atoms with Gasteiger partial charge in [0.2, 0.25) is 0 Å². The molecule has 1 unspecified atom stereocenters. The van der Waals surface area contributed by atoms with Gasteiger partial charge in [0.25, 0.3) is 0 Å². The summed E-state index contributed by atoms with van der Waals surface area (Å²) in [5, 5.41) is 0. The lowest BCUT2D eigenvalue weighted by Crippen LogP contribution is -2.29. The first kappa shape index (κ1) is 14.6. The Balaban J connectivity index is 2.04. The Bertz CT molecular complexity index is 545. The molecule has 4 heteroatoms. The molecule has 2 aromatic carbocycles. The molecule has 2 nitrogen and oxygen atoms in total. The van der Waals surface area contributed by atoms with Crippen LogP contribution in [0.5, 0.6) is 0 Å². The Morgan fingerprint density at radius 1 is 1.21 bits per heavy atom. The fourth-order valence-electron chi connectivity index (χ4n) is 1.86. The zero-order valence-electron chi connectivity index (χ0n) is 10.8. The quantitative estimate of drug-likeness (QED) is 0.491. The van der Waals surface area contributed by atoms with Gasteiger partial charge in [-0.05, 0) is 30.7 Å². The normalized spacial score (nSPS) is 12.4. The van der Waals surface area contributed by atoms with Gasteiger partial charge in [-0.15, -0.1) is 11.8 Å². The third-order valence-electron chi connectivity index (χ3n) is 2.86. The lowest BCUT2D eigenvalue weighted by Gasteiger charge is -2.16. The van der Waals surface area contributed by atoms with Gasteiger partial charge in [-0.2, -0.15) is 0 Å². The van der Waals surface area contributed by atoms with E-state index in [-0.39, 0.29) is 6.04 Å². The fraction of sp³-hybridized carbons (Fsp3) is 0.200. The molecular formula is C15H17BrN2S. The highest BCUT2D eigenvalue weighted by atomic mass is 79.9. The molecule has 3 N–H and O–H groups in total. The number of hydrogen-bond acceptors (Lipinski definition) is 3. The molecule has 0 aromatic heterocycles. The Morgan fingerprint density at radius 2 is 2.00 bits per heavy atom. The van der Waals surface area contributed by atoms with Crippen molar-refractivity contribution in [2.75, 3.05) is 5.75 Å². The molecule has 0 aliphatic carbocycles. The third-order valence-corrected chi connectivity index (χ3v) is 4.44. The predicted octanol–water partition coefficient (Wildman–Crippen LogP) is 4.05. The summed E-state index contributed by atoms with van der Waals surface area (Å²) in [7, 11) is 0. The van der Waals surface area contributed by atoms with Gasteiger partial charge in [-0.1, -0.05) is 51.8 Å². The number of thioether (sulfide) groups is 1. The average molecular weight is 337 g/mol. The number of hydrogen-bond donors (Lipinski definition) is 2. The maximum Gasteiger partial charge on any atom is 0.0554 e. The van der Waals surface area contributed by atoms with Gasteiger partial charge in [0.05, 0.1) is 6.04 Å². The van der Waals surface area contributed by atoms with Crippen molar-refractivity contribution in [2.24, 2.45) is 5.84 Å². The number of hydrazine groups is 1. The van der Waals surface area contributed by atoms with Crippen LogP contribution in [0.3, 0.4) is 0 Å². The average Bonchev–Trinajstić information content (AvgIpc) is 2.40. The first-order valence-corrected chi connectivity index (χ1v) is 7.88. The van der Waals surface area contributed by atoms with Crippen molar-refractivity contribution in [3.05, 3.63) is 64.1 Å². The molecule has 0 aliphatic heterocycles. The predicted molar refractivity (Wildman–Crippen MR) is 86.1 cm³/mol. The molecule has 2 aromatic rings. The minimum Gasteiger partial charge on any atom is -0.271 e. The van der Waals surface area contributed by atoms with E-state index in [1.807, 2.05) is 12.1 Å². The Morgan fingerprint density at radius 3 is 2.68 bits per heavy atom. The second-order valence-electron chi connectivity index (χ2n) is 4.40. The SMILES string of the molecule is Cc1cccc(C(CSc2cccc(Br)c2)NN)c1. The van der Waals surface area contributed by atoms with Gasteiger partial charge in [-0.25, -0.2) is 0 Å². The molecular weight excluding hydrogens is 320 g/mol. The molecule has 0 saturated heterocycles. The van der Waals surface area contributed by atoms with E-state index in [0.29, 0.717) is 0 Å². The van der Waals surface area contributed by atoms with Gasteiger partial charge in [0.1, 0.15) is 0 Å². The van der Waals surface area contributed by atoms with Crippen LogP contribution in [0.25, 0.3) is 0 Å². The molecule has 0 heterocycles. The van der Waals surface area contributed by atoms with Gasteiger partial charge in [-0.3, -0.25) is 11.3 Å². The van der Waals surface area contributed by atoms with Gasteiger partial charge in [0, 0.05) is 15.1 Å². The highest BCUT2D eigenvalue weighted by molar-refractivity contribution is 9.10. The van der Waals surface area contributed by atoms with Crippen LogP contribution in [-0.2, 0) is 0 Å². The van der Waals surface area contributed by atoms with Gasteiger partial charge in [0.15, 0.2) is 0 Å². The van der Waals surface area contributed by atoms with E-state index in [1.54, 1.807) is 11.8 Å². The van der Waals surface area contributed by atoms with Crippen molar-refractivity contribution < 1.29 is 0 Å². The summed E-state index contributed by atoms with van der Waals surface area (Å²) >= 11 is 5.28. The van der Waals surface area contributed by atoms with Crippen molar-refractivity contribution in [1.29, 1.82) is 0 Å². The molecule has 19 heavy (non-hydrogen) atoms. The van der Waals surface area contributed by atoms with Gasteiger partial charge < -0.3 is 0 Å². The standard InChI is InChI=1S/C15H17BrN2S/c1-11-4-2-5-12(8-11)15(18-17)10-19-14-7-3-6-13(16)9-14/h2-9,15,18H,10,17H2,1H3. The van der Waals surface area contributed by atoms with Crippen molar-refractivity contribution >= 4 is 27.7 Å². The summed E-state index contributed by atoms with van der Waals surface area (Å²) in [5.74, 6) is 6.58. The van der Waals surface area contributed by atoms with E-state index in [0.717, 1.165) is 10.2 Å². The molecule has 0 fully saturated rings. The second-order valence-corrected chi connectivity index (χ2v) is 6.41. The third kappa shape index (κ3) is 4.35. The maximum absolute atomic E-state index is 5.68. The number of aryl methyl sites for hydroxylation is 1. The summed E-state index contributed by atoms with van der Waals surface area (Å²) in [6.45, 7) is 2.10. The molecule has 0 amide bonds. The van der Waals surface area contributed by atoms with E-state index >= 15 is 0 Å². The van der Waals surface area contributed by atoms with Crippen molar-refractivity contribution in [1.82, 2.24) is 5.43 Å². The smallest absolute Gasteiger partial charge is 0.0554 e. The summed E-state index contributed by atoms with van der Waals surface area (Å²) in [6.07, 6.45) is 0. The van der Waals surface area contributed by atoms with E-state index in [9.17, 15) is 0 Å². The van der Waals surface area contributed by atoms with Crippen LogP contribution in [0.15, 0.2) is 57.9 Å². The number of rotatable bonds is 5. The molecule has 100 valence electrons. The molecule has 0 bridgehead atoms. The summed E-state index contributed by atoms with van der Waals surface area (Å²) < 4.78 is 1.10. The van der Waals surface area contributed by atoms with E-state index in [4.69, 9.17) is 5.84 Å². The molecule has 0 aliphatic rings. The van der Waals surface area contributed by atoms with Crippen LogP contribution in [0, 0.1) is 6.92 Å². The van der Waals surface area contributed by atoms with Crippen LogP contribution in [0.1, 0.15) is 17.2 Å². The molecule has 1 atom stereocenters. The summed E-state index contributed by atoms with van der Waals surface area (Å²) in [5.41, 5.74) is 5.38. The second kappa shape index (κ2) is 7.10. The van der Waals surface area contributed by atoms with E-state index in [1.165, 1.54) is 16.0 Å². The zero-order chi connectivity index (χ0) is 13.7. The van der Waals surface area contributed by atoms with E-state index < -0.39 is 0 Å². The Kier molecular flexibility index (Phi) is 5.45. The van der Waals surface area contributed by atoms with Crippen molar-refractivity contribution in [2.45, 2.75) is 17.9 Å². The van der Waals surface area contributed by atoms with Crippen LogP contribution < -0.4 is 11.3 Å². The Hall–Kier alpha value is -0.810. The molecule has 2 rings (SSSR count). The van der Waals surface area contributed by atoms with Crippen LogP contribution in [0.2, 0.25) is 0 Å². The largest absolute Gasteiger partial charge is 0.271 e. The monoisotopic (exact) mass is 336 g/mol. The fourth-order valence-corrected chi connectivity index (χ4v) is 3.45. The van der Waals surface area contributed by atoms with Crippen LogP contribution >= 0.6 is 27.7 Å². The first-order valence-electron chi connectivity index (χ1n) is 6.10. The highest BCUT2D eigenvalue weighted by Crippen LogP contribution is 2.26. The number of halogens is 1. The number of nitrogens with one attached hydrogen (secondary N) is 1. The lowest BCUT2D eigenvalue weighted by molar-refractivity contribution is 0.610. The molecule has 0 spiro atoms. The molecule has 0 saturated carbocycles. The van der Waals surface area contributed by atoms with Crippen LogP contribution in [0.4, 0.5) is 0 Å².